The summed E-state index contributed by atoms with van der Waals surface area (Å²) in [6.45, 7) is 3.55. The summed E-state index contributed by atoms with van der Waals surface area (Å²) in [5.74, 6) is -0.496. The quantitative estimate of drug-likeness (QED) is 0.353. The fourth-order valence-corrected chi connectivity index (χ4v) is 6.04. The Morgan fingerprint density at radius 2 is 1.62 bits per heavy atom. The highest BCUT2D eigenvalue weighted by Crippen LogP contribution is 2.31. The number of nitro groups is 1. The van der Waals surface area contributed by atoms with E-state index in [9.17, 15) is 22.9 Å². The molecule has 0 aromatic heterocycles. The van der Waals surface area contributed by atoms with Crippen LogP contribution in [0.15, 0.2) is 77.7 Å². The summed E-state index contributed by atoms with van der Waals surface area (Å²) in [5.41, 5.74) is 2.30. The van der Waals surface area contributed by atoms with Crippen molar-refractivity contribution in [3.05, 3.63) is 99.9 Å². The second kappa shape index (κ2) is 9.90. The number of nitrogens with zero attached hydrogens (tertiary/aromatic N) is 3. The van der Waals surface area contributed by atoms with E-state index in [4.69, 9.17) is 0 Å². The highest BCUT2D eigenvalue weighted by molar-refractivity contribution is 7.92. The summed E-state index contributed by atoms with van der Waals surface area (Å²) in [7, 11) is -3.92. The second-order valence-electron chi connectivity index (χ2n) is 8.48. The van der Waals surface area contributed by atoms with Gasteiger partial charge in [-0.1, -0.05) is 35.9 Å². The molecular weight excluding hydrogens is 457 g/mol. The van der Waals surface area contributed by atoms with Gasteiger partial charge in [-0.2, -0.15) is 0 Å². The van der Waals surface area contributed by atoms with E-state index in [0.717, 1.165) is 17.7 Å². The molecule has 1 fully saturated rings. The summed E-state index contributed by atoms with van der Waals surface area (Å²) < 4.78 is 42.2. The zero-order valence-corrected chi connectivity index (χ0v) is 19.6. The number of hydrogen-bond donors (Lipinski definition) is 0. The predicted octanol–water partition coefficient (Wildman–Crippen LogP) is 4.90. The number of aryl methyl sites for hydroxylation is 1. The molecule has 4 rings (SSSR count). The molecule has 34 heavy (non-hydrogen) atoms. The molecule has 3 aromatic carbocycles. The average molecular weight is 484 g/mol. The number of sulfonamides is 1. The largest absolute Gasteiger partial charge is 0.299 e. The van der Waals surface area contributed by atoms with Crippen LogP contribution in [-0.2, 0) is 16.6 Å². The highest BCUT2D eigenvalue weighted by Gasteiger charge is 2.34. The van der Waals surface area contributed by atoms with Crippen LogP contribution in [0.5, 0.6) is 0 Å². The molecule has 0 amide bonds. The summed E-state index contributed by atoms with van der Waals surface area (Å²) in [6.07, 6.45) is 1.13. The Labute approximate surface area is 198 Å². The number of likely N-dealkylation sites (tertiary alicyclic amines) is 1. The molecule has 0 radical (unpaired) electrons. The molecule has 0 unspecified atom stereocenters. The van der Waals surface area contributed by atoms with Crippen molar-refractivity contribution in [3.63, 3.8) is 0 Å². The smallest absolute Gasteiger partial charge is 0.273 e. The van der Waals surface area contributed by atoms with Gasteiger partial charge < -0.3 is 0 Å². The number of para-hydroxylation sites is 1. The lowest BCUT2D eigenvalue weighted by molar-refractivity contribution is -0.385. The van der Waals surface area contributed by atoms with Crippen molar-refractivity contribution >= 4 is 21.4 Å². The summed E-state index contributed by atoms with van der Waals surface area (Å²) in [4.78, 5) is 13.1. The van der Waals surface area contributed by atoms with Crippen LogP contribution >= 0.6 is 0 Å². The van der Waals surface area contributed by atoms with Crippen LogP contribution in [0.25, 0.3) is 0 Å². The third kappa shape index (κ3) is 5.10. The van der Waals surface area contributed by atoms with E-state index >= 15 is 0 Å². The molecule has 9 heteroatoms. The van der Waals surface area contributed by atoms with E-state index in [2.05, 4.69) is 4.90 Å². The molecule has 178 valence electrons. The van der Waals surface area contributed by atoms with Gasteiger partial charge in [0, 0.05) is 37.3 Å². The minimum Gasteiger partial charge on any atom is -0.299 e. The predicted molar refractivity (Wildman–Crippen MR) is 129 cm³/mol. The van der Waals surface area contributed by atoms with Crippen molar-refractivity contribution in [2.75, 3.05) is 17.4 Å². The summed E-state index contributed by atoms with van der Waals surface area (Å²) >= 11 is 0. The number of nitro benzene ring substituents is 1. The first-order valence-corrected chi connectivity index (χ1v) is 12.5. The SMILES string of the molecule is Cc1ccc(N(C2CCN(Cc3ccccc3[N+](=O)[O-])CC2)S(=O)(=O)c2ccc(F)cc2)cc1. The van der Waals surface area contributed by atoms with Gasteiger partial charge in [0.1, 0.15) is 5.82 Å². The molecule has 1 saturated heterocycles. The van der Waals surface area contributed by atoms with Gasteiger partial charge >= 0.3 is 0 Å². The van der Waals surface area contributed by atoms with Crippen LogP contribution in [0.4, 0.5) is 15.8 Å². The Morgan fingerprint density at radius 1 is 1.00 bits per heavy atom. The molecule has 7 nitrogen and oxygen atoms in total. The normalized spacial score (nSPS) is 15.2. The second-order valence-corrected chi connectivity index (χ2v) is 10.3. The van der Waals surface area contributed by atoms with E-state index in [-0.39, 0.29) is 21.5 Å². The van der Waals surface area contributed by atoms with Gasteiger partial charge in [0.05, 0.1) is 15.5 Å². The third-order valence-corrected chi connectivity index (χ3v) is 8.02. The number of halogens is 1. The zero-order valence-electron chi connectivity index (χ0n) is 18.8. The van der Waals surface area contributed by atoms with E-state index in [1.54, 1.807) is 30.3 Å². The highest BCUT2D eigenvalue weighted by atomic mass is 32.2. The molecular formula is C25H26FN3O4S. The van der Waals surface area contributed by atoms with E-state index in [1.165, 1.54) is 22.5 Å². The summed E-state index contributed by atoms with van der Waals surface area (Å²) in [5, 5.41) is 11.3. The van der Waals surface area contributed by atoms with Gasteiger partial charge in [-0.25, -0.2) is 12.8 Å². The topological polar surface area (TPSA) is 83.8 Å². The number of anilines is 1. The standard InChI is InChI=1S/C25H26FN3O4S/c1-19-6-10-22(11-7-19)28(34(32,33)24-12-8-21(26)9-13-24)23-14-16-27(17-15-23)18-20-4-2-3-5-25(20)29(30)31/h2-13,23H,14-18H2,1H3. The first-order valence-electron chi connectivity index (χ1n) is 11.1. The Kier molecular flexibility index (Phi) is 6.95. The Morgan fingerprint density at radius 3 is 2.24 bits per heavy atom. The first-order chi connectivity index (χ1) is 16.3. The Hall–Kier alpha value is -3.30. The van der Waals surface area contributed by atoms with Crippen molar-refractivity contribution in [3.8, 4) is 0 Å². The number of benzene rings is 3. The van der Waals surface area contributed by atoms with E-state index in [1.807, 2.05) is 19.1 Å². The maximum Gasteiger partial charge on any atom is 0.273 e. The molecule has 0 atom stereocenters. The third-order valence-electron chi connectivity index (χ3n) is 6.13. The van der Waals surface area contributed by atoms with Crippen molar-refractivity contribution in [2.24, 2.45) is 0 Å². The maximum absolute atomic E-state index is 13.6. The van der Waals surface area contributed by atoms with Gasteiger partial charge in [0.15, 0.2) is 0 Å². The number of rotatable bonds is 7. The fourth-order valence-electron chi connectivity index (χ4n) is 4.33. The lowest BCUT2D eigenvalue weighted by atomic mass is 10.0. The van der Waals surface area contributed by atoms with Gasteiger partial charge in [0.25, 0.3) is 15.7 Å². The van der Waals surface area contributed by atoms with Crippen LogP contribution in [0.3, 0.4) is 0 Å². The monoisotopic (exact) mass is 483 g/mol. The van der Waals surface area contributed by atoms with Gasteiger partial charge in [-0.05, 0) is 56.2 Å². The average Bonchev–Trinajstić information content (AvgIpc) is 2.82. The minimum atomic E-state index is -3.92. The fraction of sp³-hybridized carbons (Fsp3) is 0.280. The van der Waals surface area contributed by atoms with Crippen molar-refractivity contribution in [1.29, 1.82) is 0 Å². The molecule has 0 N–H and O–H groups in total. The molecule has 1 aliphatic rings. The molecule has 0 aliphatic carbocycles. The van der Waals surface area contributed by atoms with Crippen LogP contribution in [0.2, 0.25) is 0 Å². The van der Waals surface area contributed by atoms with Crippen molar-refractivity contribution in [1.82, 2.24) is 4.90 Å². The number of piperidine rings is 1. The number of hydrogen-bond acceptors (Lipinski definition) is 5. The van der Waals surface area contributed by atoms with Gasteiger partial charge in [-0.15, -0.1) is 0 Å². The zero-order chi connectivity index (χ0) is 24.3. The van der Waals surface area contributed by atoms with Crippen LogP contribution in [-0.4, -0.2) is 37.4 Å². The Balaban J connectivity index is 1.57. The van der Waals surface area contributed by atoms with Crippen LogP contribution in [0, 0.1) is 22.9 Å². The van der Waals surface area contributed by atoms with E-state index < -0.39 is 15.8 Å². The molecule has 0 spiro atoms. The molecule has 1 heterocycles. The van der Waals surface area contributed by atoms with Crippen LogP contribution in [0.1, 0.15) is 24.0 Å². The minimum absolute atomic E-state index is 0.0387. The lowest BCUT2D eigenvalue weighted by Crippen LogP contribution is -2.47. The molecule has 0 bridgehead atoms. The first kappa shape index (κ1) is 23.8. The van der Waals surface area contributed by atoms with Crippen molar-refractivity contribution in [2.45, 2.75) is 37.2 Å². The van der Waals surface area contributed by atoms with Crippen LogP contribution < -0.4 is 4.31 Å². The molecule has 3 aromatic rings. The van der Waals surface area contributed by atoms with Crippen molar-refractivity contribution < 1.29 is 17.7 Å². The van der Waals surface area contributed by atoms with Gasteiger partial charge in [-0.3, -0.25) is 19.3 Å². The molecule has 1 aliphatic heterocycles. The van der Waals surface area contributed by atoms with E-state index in [0.29, 0.717) is 43.7 Å². The lowest BCUT2D eigenvalue weighted by Gasteiger charge is -2.39. The Bertz CT molecular complexity index is 1260. The van der Waals surface area contributed by atoms with Gasteiger partial charge in [0.2, 0.25) is 0 Å². The summed E-state index contributed by atoms with van der Waals surface area (Å²) in [6, 6.07) is 18.6. The molecule has 0 saturated carbocycles. The maximum atomic E-state index is 13.6.